The number of pyridine rings is 1. The zero-order chi connectivity index (χ0) is 17.2. The molecule has 1 aromatic carbocycles. The Hall–Kier alpha value is -3.15. The molecule has 2 aromatic heterocycles. The van der Waals surface area contributed by atoms with E-state index in [1.807, 2.05) is 49.4 Å². The van der Waals surface area contributed by atoms with Crippen molar-refractivity contribution in [1.82, 2.24) is 9.97 Å². The fraction of sp³-hybridized carbons (Fsp3) is 0.211. The molecule has 0 saturated heterocycles. The maximum Gasteiger partial charge on any atom is 0.297 e. The smallest absolute Gasteiger partial charge is 0.297 e. The number of aryl methyl sites for hydroxylation is 1. The molecule has 0 spiro atoms. The maximum absolute atomic E-state index is 12.7. The van der Waals surface area contributed by atoms with Crippen LogP contribution in [0.3, 0.4) is 0 Å². The van der Waals surface area contributed by atoms with Gasteiger partial charge in [-0.1, -0.05) is 18.2 Å². The SMILES string of the molecule is Cc1ccnc(N2CCc3nc(COc4ccccc4)oc3C2=O)c1. The van der Waals surface area contributed by atoms with E-state index in [2.05, 4.69) is 9.97 Å². The molecule has 126 valence electrons. The highest BCUT2D eigenvalue weighted by molar-refractivity contribution is 6.05. The normalized spacial score (nSPS) is 13.6. The van der Waals surface area contributed by atoms with E-state index in [4.69, 9.17) is 9.15 Å². The lowest BCUT2D eigenvalue weighted by atomic mass is 10.1. The van der Waals surface area contributed by atoms with E-state index in [0.29, 0.717) is 30.4 Å². The Morgan fingerprint density at radius 3 is 2.88 bits per heavy atom. The predicted molar refractivity (Wildman–Crippen MR) is 91.6 cm³/mol. The standard InChI is InChI=1S/C19H17N3O3/c1-13-7-9-20-16(11-13)22-10-8-15-18(19(22)23)25-17(21-15)12-24-14-5-3-2-4-6-14/h2-7,9,11H,8,10,12H2,1H3. The monoisotopic (exact) mass is 335 g/mol. The van der Waals surface area contributed by atoms with Crippen molar-refractivity contribution in [2.75, 3.05) is 11.4 Å². The van der Waals surface area contributed by atoms with Crippen molar-refractivity contribution in [3.63, 3.8) is 0 Å². The van der Waals surface area contributed by atoms with Gasteiger partial charge in [0.1, 0.15) is 11.6 Å². The van der Waals surface area contributed by atoms with E-state index in [1.165, 1.54) is 0 Å². The number of nitrogens with zero attached hydrogens (tertiary/aromatic N) is 3. The van der Waals surface area contributed by atoms with E-state index in [9.17, 15) is 4.79 Å². The van der Waals surface area contributed by atoms with Crippen LogP contribution in [-0.2, 0) is 13.0 Å². The largest absolute Gasteiger partial charge is 0.484 e. The Labute approximate surface area is 145 Å². The number of oxazole rings is 1. The Kier molecular flexibility index (Phi) is 3.93. The Balaban J connectivity index is 1.53. The molecule has 0 radical (unpaired) electrons. The fourth-order valence-electron chi connectivity index (χ4n) is 2.79. The molecule has 1 amide bonds. The topological polar surface area (TPSA) is 68.5 Å². The molecule has 3 heterocycles. The van der Waals surface area contributed by atoms with Crippen LogP contribution >= 0.6 is 0 Å². The van der Waals surface area contributed by atoms with Crippen LogP contribution in [0, 0.1) is 6.92 Å². The quantitative estimate of drug-likeness (QED) is 0.732. The first kappa shape index (κ1) is 15.4. The van der Waals surface area contributed by atoms with E-state index < -0.39 is 0 Å². The predicted octanol–water partition coefficient (Wildman–Crippen LogP) is 3.16. The van der Waals surface area contributed by atoms with Crippen molar-refractivity contribution in [2.45, 2.75) is 20.0 Å². The second kappa shape index (κ2) is 6.39. The molecular weight excluding hydrogens is 318 g/mol. The highest BCUT2D eigenvalue weighted by Crippen LogP contribution is 2.24. The van der Waals surface area contributed by atoms with Crippen molar-refractivity contribution < 1.29 is 13.9 Å². The highest BCUT2D eigenvalue weighted by Gasteiger charge is 2.31. The summed E-state index contributed by atoms with van der Waals surface area (Å²) in [6.07, 6.45) is 2.33. The number of carbonyl (C=O) groups excluding carboxylic acids is 1. The summed E-state index contributed by atoms with van der Waals surface area (Å²) in [5.41, 5.74) is 1.73. The van der Waals surface area contributed by atoms with Gasteiger partial charge in [0, 0.05) is 19.2 Å². The highest BCUT2D eigenvalue weighted by atomic mass is 16.5. The van der Waals surface area contributed by atoms with Crippen LogP contribution in [0.4, 0.5) is 5.82 Å². The van der Waals surface area contributed by atoms with Gasteiger partial charge in [0.2, 0.25) is 11.7 Å². The van der Waals surface area contributed by atoms with Gasteiger partial charge in [-0.2, -0.15) is 0 Å². The molecule has 25 heavy (non-hydrogen) atoms. The molecule has 6 heteroatoms. The molecule has 1 aliphatic heterocycles. The van der Waals surface area contributed by atoms with Crippen molar-refractivity contribution in [3.05, 3.63) is 71.6 Å². The average Bonchev–Trinajstić information content (AvgIpc) is 3.05. The first-order valence-corrected chi connectivity index (χ1v) is 8.11. The zero-order valence-electron chi connectivity index (χ0n) is 13.8. The average molecular weight is 335 g/mol. The lowest BCUT2D eigenvalue weighted by Gasteiger charge is -2.24. The number of hydrogen-bond donors (Lipinski definition) is 0. The van der Waals surface area contributed by atoms with Gasteiger partial charge in [0.15, 0.2) is 6.61 Å². The molecule has 3 aromatic rings. The number of ether oxygens (including phenoxy) is 1. The van der Waals surface area contributed by atoms with Crippen molar-refractivity contribution >= 4 is 11.7 Å². The molecule has 4 rings (SSSR count). The second-order valence-electron chi connectivity index (χ2n) is 5.88. The molecule has 0 atom stereocenters. The molecule has 6 nitrogen and oxygen atoms in total. The number of anilines is 1. The zero-order valence-corrected chi connectivity index (χ0v) is 13.8. The number of benzene rings is 1. The first-order valence-electron chi connectivity index (χ1n) is 8.11. The Morgan fingerprint density at radius 2 is 2.08 bits per heavy atom. The van der Waals surface area contributed by atoms with Gasteiger partial charge < -0.3 is 9.15 Å². The van der Waals surface area contributed by atoms with Crippen molar-refractivity contribution in [1.29, 1.82) is 0 Å². The summed E-state index contributed by atoms with van der Waals surface area (Å²) in [7, 11) is 0. The molecule has 0 fully saturated rings. The van der Waals surface area contributed by atoms with Crippen LogP contribution in [0.25, 0.3) is 0 Å². The lowest BCUT2D eigenvalue weighted by Crippen LogP contribution is -2.37. The number of amides is 1. The van der Waals surface area contributed by atoms with Gasteiger partial charge in [-0.25, -0.2) is 9.97 Å². The summed E-state index contributed by atoms with van der Waals surface area (Å²) in [4.78, 5) is 23.0. The third-order valence-corrected chi connectivity index (χ3v) is 4.04. The van der Waals surface area contributed by atoms with Crippen molar-refractivity contribution in [2.24, 2.45) is 0 Å². The summed E-state index contributed by atoms with van der Waals surface area (Å²) >= 11 is 0. The molecular formula is C19H17N3O3. The molecule has 0 unspecified atom stereocenters. The minimum atomic E-state index is -0.210. The molecule has 0 bridgehead atoms. The minimum Gasteiger partial charge on any atom is -0.484 e. The van der Waals surface area contributed by atoms with E-state index in [1.54, 1.807) is 11.1 Å². The van der Waals surface area contributed by atoms with E-state index in [-0.39, 0.29) is 18.3 Å². The summed E-state index contributed by atoms with van der Waals surface area (Å²) in [5, 5.41) is 0. The first-order chi connectivity index (χ1) is 12.2. The van der Waals surface area contributed by atoms with Crippen LogP contribution in [0.1, 0.15) is 27.7 Å². The van der Waals surface area contributed by atoms with E-state index >= 15 is 0 Å². The third-order valence-electron chi connectivity index (χ3n) is 4.04. The number of hydrogen-bond acceptors (Lipinski definition) is 5. The summed E-state index contributed by atoms with van der Waals surface area (Å²) in [5.74, 6) is 1.84. The lowest BCUT2D eigenvalue weighted by molar-refractivity contribution is 0.0947. The summed E-state index contributed by atoms with van der Waals surface area (Å²) in [6, 6.07) is 13.2. The third kappa shape index (κ3) is 3.10. The Bertz CT molecular complexity index is 905. The second-order valence-corrected chi connectivity index (χ2v) is 5.88. The van der Waals surface area contributed by atoms with Gasteiger partial charge in [-0.3, -0.25) is 9.69 Å². The molecule has 0 aliphatic carbocycles. The number of para-hydroxylation sites is 1. The number of aromatic nitrogens is 2. The number of fused-ring (bicyclic) bond motifs is 1. The minimum absolute atomic E-state index is 0.187. The van der Waals surface area contributed by atoms with Gasteiger partial charge in [0.25, 0.3) is 5.91 Å². The molecule has 0 N–H and O–H groups in total. The Morgan fingerprint density at radius 1 is 1.24 bits per heavy atom. The van der Waals surface area contributed by atoms with Gasteiger partial charge >= 0.3 is 0 Å². The summed E-state index contributed by atoms with van der Waals surface area (Å²) in [6.45, 7) is 2.69. The molecule has 1 aliphatic rings. The van der Waals surface area contributed by atoms with Crippen molar-refractivity contribution in [3.8, 4) is 5.75 Å². The number of rotatable bonds is 4. The van der Waals surface area contributed by atoms with Crippen LogP contribution in [0.15, 0.2) is 53.1 Å². The molecule has 0 saturated carbocycles. The maximum atomic E-state index is 12.7. The van der Waals surface area contributed by atoms with Crippen LogP contribution in [0.5, 0.6) is 5.75 Å². The van der Waals surface area contributed by atoms with Gasteiger partial charge in [-0.05, 0) is 36.8 Å². The van der Waals surface area contributed by atoms with Crippen LogP contribution in [-0.4, -0.2) is 22.4 Å². The van der Waals surface area contributed by atoms with Crippen LogP contribution in [0.2, 0.25) is 0 Å². The van der Waals surface area contributed by atoms with Gasteiger partial charge in [0.05, 0.1) is 5.69 Å². The van der Waals surface area contributed by atoms with E-state index in [0.717, 1.165) is 11.3 Å². The van der Waals surface area contributed by atoms with Gasteiger partial charge in [-0.15, -0.1) is 0 Å². The van der Waals surface area contributed by atoms with Crippen LogP contribution < -0.4 is 9.64 Å². The fourth-order valence-corrected chi connectivity index (χ4v) is 2.79. The number of carbonyl (C=O) groups is 1. The summed E-state index contributed by atoms with van der Waals surface area (Å²) < 4.78 is 11.3.